The molecule has 0 bridgehead atoms. The van der Waals surface area contributed by atoms with Gasteiger partial charge in [-0.1, -0.05) is 0 Å². The highest BCUT2D eigenvalue weighted by Gasteiger charge is 2.19. The molecule has 5 nitrogen and oxygen atoms in total. The summed E-state index contributed by atoms with van der Waals surface area (Å²) in [5, 5.41) is 22.1. The predicted octanol–water partition coefficient (Wildman–Crippen LogP) is 1.63. The molecular formula is C13H21NO4S. The topological polar surface area (TPSA) is 78.8 Å². The van der Waals surface area contributed by atoms with Crippen LogP contribution in [-0.2, 0) is 11.3 Å². The summed E-state index contributed by atoms with van der Waals surface area (Å²) in [6.07, 6.45) is 0.555. The van der Waals surface area contributed by atoms with Gasteiger partial charge in [0.15, 0.2) is 0 Å². The number of carboxylic acid groups (broad SMARTS) is 1. The number of carbonyl (C=O) groups is 1. The van der Waals surface area contributed by atoms with Crippen LogP contribution < -0.4 is 5.32 Å². The Labute approximate surface area is 117 Å². The molecule has 0 aromatic carbocycles. The number of nitrogens with one attached hydrogen (secondary N) is 1. The van der Waals surface area contributed by atoms with Crippen LogP contribution in [0, 0.1) is 6.92 Å². The van der Waals surface area contributed by atoms with Gasteiger partial charge in [0.05, 0.1) is 5.60 Å². The molecule has 1 rings (SSSR count). The number of aliphatic hydroxyl groups is 1. The van der Waals surface area contributed by atoms with E-state index < -0.39 is 11.6 Å². The van der Waals surface area contributed by atoms with Gasteiger partial charge < -0.3 is 20.3 Å². The van der Waals surface area contributed by atoms with Gasteiger partial charge in [-0.15, -0.1) is 11.3 Å². The normalized spacial score (nSPS) is 14.3. The largest absolute Gasteiger partial charge is 0.477 e. The molecule has 0 radical (unpaired) electrons. The number of aromatic carboxylic acids is 1. The highest BCUT2D eigenvalue weighted by molar-refractivity contribution is 7.14. The van der Waals surface area contributed by atoms with Crippen molar-refractivity contribution in [3.8, 4) is 0 Å². The van der Waals surface area contributed by atoms with Crippen molar-refractivity contribution in [2.45, 2.75) is 32.4 Å². The van der Waals surface area contributed by atoms with E-state index in [2.05, 4.69) is 5.32 Å². The van der Waals surface area contributed by atoms with Crippen LogP contribution >= 0.6 is 11.3 Å². The van der Waals surface area contributed by atoms with Gasteiger partial charge in [-0.25, -0.2) is 4.79 Å². The minimum atomic E-state index is -0.897. The Balaban J connectivity index is 2.46. The van der Waals surface area contributed by atoms with E-state index in [0.717, 1.165) is 10.4 Å². The molecule has 3 N–H and O–H groups in total. The lowest BCUT2D eigenvalue weighted by atomic mass is 10.0. The summed E-state index contributed by atoms with van der Waals surface area (Å²) in [4.78, 5) is 12.2. The lowest BCUT2D eigenvalue weighted by molar-refractivity contribution is 0.0247. The number of ether oxygens (including phenoxy) is 1. The first-order chi connectivity index (χ1) is 8.85. The summed E-state index contributed by atoms with van der Waals surface area (Å²) in [5.41, 5.74) is 0.139. The van der Waals surface area contributed by atoms with Gasteiger partial charge >= 0.3 is 5.97 Å². The summed E-state index contributed by atoms with van der Waals surface area (Å²) in [7, 11) is 1.60. The number of methoxy groups -OCH3 is 1. The maximum absolute atomic E-state index is 10.9. The molecule has 1 heterocycles. The molecule has 0 spiro atoms. The zero-order valence-corrected chi connectivity index (χ0v) is 12.3. The Hall–Kier alpha value is -0.950. The first kappa shape index (κ1) is 16.1. The fourth-order valence-electron chi connectivity index (χ4n) is 1.68. The highest BCUT2D eigenvalue weighted by atomic mass is 32.1. The van der Waals surface area contributed by atoms with Crippen molar-refractivity contribution in [1.29, 1.82) is 0 Å². The van der Waals surface area contributed by atoms with E-state index in [-0.39, 0.29) is 0 Å². The van der Waals surface area contributed by atoms with Crippen molar-refractivity contribution in [3.05, 3.63) is 21.4 Å². The molecule has 0 aliphatic heterocycles. The molecule has 0 aliphatic rings. The fourth-order valence-corrected chi connectivity index (χ4v) is 2.56. The zero-order chi connectivity index (χ0) is 14.5. The van der Waals surface area contributed by atoms with Crippen LogP contribution in [0.15, 0.2) is 6.07 Å². The van der Waals surface area contributed by atoms with Gasteiger partial charge in [-0.2, -0.15) is 0 Å². The maximum atomic E-state index is 10.9. The lowest BCUT2D eigenvalue weighted by Crippen LogP contribution is -2.38. The number of carboxylic acids is 1. The zero-order valence-electron chi connectivity index (χ0n) is 11.5. The smallest absolute Gasteiger partial charge is 0.345 e. The van der Waals surface area contributed by atoms with Gasteiger partial charge in [-0.05, 0) is 25.5 Å². The number of hydrogen-bond donors (Lipinski definition) is 3. The van der Waals surface area contributed by atoms with Crippen molar-refractivity contribution >= 4 is 17.3 Å². The van der Waals surface area contributed by atoms with Crippen molar-refractivity contribution < 1.29 is 19.7 Å². The molecule has 0 saturated carbocycles. The van der Waals surface area contributed by atoms with E-state index in [1.807, 2.05) is 6.92 Å². The molecule has 6 heteroatoms. The van der Waals surface area contributed by atoms with Gasteiger partial charge in [0.1, 0.15) is 4.88 Å². The van der Waals surface area contributed by atoms with E-state index in [9.17, 15) is 9.90 Å². The molecule has 0 fully saturated rings. The number of thiophene rings is 1. The standard InChI is InChI=1S/C13H21NO4S/c1-9-10(6-11(19-9)12(15)16)7-14-8-13(2,17)4-5-18-3/h6,14,17H,4-5,7-8H2,1-3H3,(H,15,16). The van der Waals surface area contributed by atoms with Gasteiger partial charge in [0, 0.05) is 38.1 Å². The molecule has 1 aromatic rings. The van der Waals surface area contributed by atoms with Crippen LogP contribution in [0.25, 0.3) is 0 Å². The second kappa shape index (κ2) is 7.00. The molecular weight excluding hydrogens is 266 g/mol. The van der Waals surface area contributed by atoms with E-state index in [1.165, 1.54) is 11.3 Å². The number of hydrogen-bond acceptors (Lipinski definition) is 5. The van der Waals surface area contributed by atoms with Gasteiger partial charge in [0.25, 0.3) is 0 Å². The third-order valence-electron chi connectivity index (χ3n) is 2.90. The van der Waals surface area contributed by atoms with Crippen LogP contribution in [0.3, 0.4) is 0 Å². The Morgan fingerprint density at radius 2 is 2.26 bits per heavy atom. The maximum Gasteiger partial charge on any atom is 0.345 e. The Bertz CT molecular complexity index is 428. The molecule has 0 aliphatic carbocycles. The number of rotatable bonds is 8. The van der Waals surface area contributed by atoms with Gasteiger partial charge in [-0.3, -0.25) is 0 Å². The van der Waals surface area contributed by atoms with Crippen LogP contribution in [0.1, 0.15) is 33.5 Å². The molecule has 19 heavy (non-hydrogen) atoms. The first-order valence-electron chi connectivity index (χ1n) is 6.10. The highest BCUT2D eigenvalue weighted by Crippen LogP contribution is 2.21. The quantitative estimate of drug-likeness (QED) is 0.677. The monoisotopic (exact) mass is 287 g/mol. The Kier molecular flexibility index (Phi) is 5.93. The van der Waals surface area contributed by atoms with Crippen LogP contribution in [-0.4, -0.2) is 42.0 Å². The summed E-state index contributed by atoms with van der Waals surface area (Å²) in [6.45, 7) is 5.15. The van der Waals surface area contributed by atoms with Crippen molar-refractivity contribution in [3.63, 3.8) is 0 Å². The van der Waals surface area contributed by atoms with E-state index in [4.69, 9.17) is 9.84 Å². The Morgan fingerprint density at radius 1 is 1.58 bits per heavy atom. The fraction of sp³-hybridized carbons (Fsp3) is 0.615. The molecule has 1 atom stereocenters. The second-order valence-electron chi connectivity index (χ2n) is 4.84. The average molecular weight is 287 g/mol. The molecule has 0 amide bonds. The van der Waals surface area contributed by atoms with E-state index in [1.54, 1.807) is 20.1 Å². The number of aryl methyl sites for hydroxylation is 1. The summed E-state index contributed by atoms with van der Waals surface area (Å²) in [6, 6.07) is 1.68. The minimum Gasteiger partial charge on any atom is -0.477 e. The van der Waals surface area contributed by atoms with E-state index >= 15 is 0 Å². The van der Waals surface area contributed by atoms with Crippen LogP contribution in [0.5, 0.6) is 0 Å². The summed E-state index contributed by atoms with van der Waals surface area (Å²) >= 11 is 1.27. The minimum absolute atomic E-state index is 0.348. The SMILES string of the molecule is COCCC(C)(O)CNCc1cc(C(=O)O)sc1C. The predicted molar refractivity (Wildman–Crippen MR) is 74.8 cm³/mol. The third-order valence-corrected chi connectivity index (χ3v) is 3.98. The second-order valence-corrected chi connectivity index (χ2v) is 6.10. The third kappa shape index (κ3) is 5.28. The van der Waals surface area contributed by atoms with Crippen molar-refractivity contribution in [1.82, 2.24) is 5.32 Å². The average Bonchev–Trinajstić information content (AvgIpc) is 2.69. The molecule has 0 saturated heterocycles. The van der Waals surface area contributed by atoms with E-state index in [0.29, 0.717) is 31.0 Å². The van der Waals surface area contributed by atoms with Crippen LogP contribution in [0.4, 0.5) is 0 Å². The molecule has 1 unspecified atom stereocenters. The van der Waals surface area contributed by atoms with Crippen molar-refractivity contribution in [2.75, 3.05) is 20.3 Å². The molecule has 108 valence electrons. The summed E-state index contributed by atoms with van der Waals surface area (Å²) < 4.78 is 4.94. The van der Waals surface area contributed by atoms with Crippen LogP contribution in [0.2, 0.25) is 0 Å². The van der Waals surface area contributed by atoms with Crippen molar-refractivity contribution in [2.24, 2.45) is 0 Å². The first-order valence-corrected chi connectivity index (χ1v) is 6.92. The molecule has 1 aromatic heterocycles. The van der Waals surface area contributed by atoms with Gasteiger partial charge in [0.2, 0.25) is 0 Å². The Morgan fingerprint density at radius 3 is 2.79 bits per heavy atom. The lowest BCUT2D eigenvalue weighted by Gasteiger charge is -2.23. The summed E-state index contributed by atoms with van der Waals surface area (Å²) in [5.74, 6) is -0.897.